The molecule has 2 aliphatic rings. The number of nitrogens with zero attached hydrogens (tertiary/aromatic N) is 3. The number of aliphatic hydroxyl groups excluding tert-OH is 1. The highest BCUT2D eigenvalue weighted by Gasteiger charge is 2.32. The summed E-state index contributed by atoms with van der Waals surface area (Å²) < 4.78 is 7.33. The standard InChI is InChI=1S/C33H45N3O3/c1-23(2)32(39-5)18-9-25(4)27-12-10-26(11-13-27)22-35(33(38)28-14-16-31(37)17-15-28)29-7-6-8-30(19-29)36-21-24(3)20-34-36/h6-9,18-21,26-28,31,37H,4,10-17,22H2,1-3,5H3/b18-9-. The smallest absolute Gasteiger partial charge is 0.230 e. The lowest BCUT2D eigenvalue weighted by molar-refractivity contribution is -0.124. The van der Waals surface area contributed by atoms with Gasteiger partial charge >= 0.3 is 0 Å². The fourth-order valence-electron chi connectivity index (χ4n) is 5.95. The molecule has 1 heterocycles. The SMILES string of the molecule is C=C(/C=C\C(OC)=C(C)C)C1CCC(CN(C(=O)C2CCC(O)CC2)c2cccc(-n3cc(C)cn3)c2)CC1. The van der Waals surface area contributed by atoms with Gasteiger partial charge < -0.3 is 14.7 Å². The van der Waals surface area contributed by atoms with Crippen LogP contribution in [0.2, 0.25) is 0 Å². The number of rotatable bonds is 9. The Morgan fingerprint density at radius 1 is 1.10 bits per heavy atom. The van der Waals surface area contributed by atoms with Crippen LogP contribution in [0.5, 0.6) is 0 Å². The summed E-state index contributed by atoms with van der Waals surface area (Å²) in [6.07, 6.45) is 14.9. The summed E-state index contributed by atoms with van der Waals surface area (Å²) in [6, 6.07) is 8.17. The average molecular weight is 532 g/mol. The Bertz CT molecular complexity index is 1190. The maximum absolute atomic E-state index is 13.9. The molecule has 1 amide bonds. The maximum Gasteiger partial charge on any atom is 0.230 e. The predicted molar refractivity (Wildman–Crippen MR) is 158 cm³/mol. The first-order valence-electron chi connectivity index (χ1n) is 14.4. The molecule has 0 bridgehead atoms. The molecule has 0 radical (unpaired) electrons. The van der Waals surface area contributed by atoms with Gasteiger partial charge in [0.2, 0.25) is 5.91 Å². The second-order valence-corrected chi connectivity index (χ2v) is 11.6. The Morgan fingerprint density at radius 2 is 1.79 bits per heavy atom. The minimum atomic E-state index is -0.275. The molecule has 0 unspecified atom stereocenters. The zero-order valence-corrected chi connectivity index (χ0v) is 24.1. The number of carbonyl (C=O) groups excluding carboxylic acids is 1. The average Bonchev–Trinajstić information content (AvgIpc) is 3.38. The first kappa shape index (κ1) is 28.9. The summed E-state index contributed by atoms with van der Waals surface area (Å²) >= 11 is 0. The number of hydrogen-bond donors (Lipinski definition) is 1. The lowest BCUT2D eigenvalue weighted by Gasteiger charge is -2.36. The number of aromatic nitrogens is 2. The summed E-state index contributed by atoms with van der Waals surface area (Å²) in [5, 5.41) is 14.5. The zero-order valence-electron chi connectivity index (χ0n) is 24.1. The van der Waals surface area contributed by atoms with Crippen LogP contribution in [0.4, 0.5) is 5.69 Å². The van der Waals surface area contributed by atoms with E-state index in [4.69, 9.17) is 4.74 Å². The Morgan fingerprint density at radius 3 is 2.41 bits per heavy atom. The minimum absolute atomic E-state index is 0.0321. The topological polar surface area (TPSA) is 67.6 Å². The highest BCUT2D eigenvalue weighted by molar-refractivity contribution is 5.95. The Hall–Kier alpha value is -3.12. The van der Waals surface area contributed by atoms with Crippen molar-refractivity contribution in [1.82, 2.24) is 9.78 Å². The first-order valence-corrected chi connectivity index (χ1v) is 14.4. The van der Waals surface area contributed by atoms with E-state index in [1.807, 2.05) is 67.0 Å². The first-order chi connectivity index (χ1) is 18.7. The molecule has 0 saturated heterocycles. The van der Waals surface area contributed by atoms with Crippen molar-refractivity contribution in [2.45, 2.75) is 78.2 Å². The number of allylic oxidation sites excluding steroid dienone is 4. The number of amides is 1. The normalized spacial score (nSPS) is 23.4. The second kappa shape index (κ2) is 13.3. The van der Waals surface area contributed by atoms with Crippen molar-refractivity contribution in [3.8, 4) is 5.69 Å². The lowest BCUT2D eigenvalue weighted by Crippen LogP contribution is -2.42. The molecule has 0 atom stereocenters. The molecule has 6 heteroatoms. The van der Waals surface area contributed by atoms with E-state index in [0.29, 0.717) is 24.7 Å². The van der Waals surface area contributed by atoms with Crippen molar-refractivity contribution in [2.24, 2.45) is 17.8 Å². The molecule has 4 rings (SSSR count). The van der Waals surface area contributed by atoms with Gasteiger partial charge in [0.25, 0.3) is 0 Å². The van der Waals surface area contributed by atoms with Crippen LogP contribution in [0.25, 0.3) is 5.69 Å². The third-order valence-electron chi connectivity index (χ3n) is 8.40. The highest BCUT2D eigenvalue weighted by atomic mass is 16.5. The van der Waals surface area contributed by atoms with E-state index < -0.39 is 0 Å². The quantitative estimate of drug-likeness (QED) is 0.282. The number of carbonyl (C=O) groups is 1. The number of hydrogen-bond acceptors (Lipinski definition) is 4. The van der Waals surface area contributed by atoms with Crippen molar-refractivity contribution >= 4 is 11.6 Å². The molecular weight excluding hydrogens is 486 g/mol. The van der Waals surface area contributed by atoms with Gasteiger partial charge in [-0.15, -0.1) is 0 Å². The Balaban J connectivity index is 1.47. The van der Waals surface area contributed by atoms with Gasteiger partial charge in [0.1, 0.15) is 5.76 Å². The number of benzene rings is 1. The van der Waals surface area contributed by atoms with Gasteiger partial charge in [0.15, 0.2) is 0 Å². The van der Waals surface area contributed by atoms with Gasteiger partial charge in [0.05, 0.1) is 25.1 Å². The largest absolute Gasteiger partial charge is 0.497 e. The van der Waals surface area contributed by atoms with Crippen LogP contribution in [0.15, 0.2) is 72.3 Å². The van der Waals surface area contributed by atoms with Gasteiger partial charge in [-0.05, 0) is 119 Å². The van der Waals surface area contributed by atoms with Gasteiger partial charge in [-0.25, -0.2) is 4.68 Å². The fourth-order valence-corrected chi connectivity index (χ4v) is 5.95. The van der Waals surface area contributed by atoms with Crippen LogP contribution in [0, 0.1) is 24.7 Å². The molecule has 6 nitrogen and oxygen atoms in total. The van der Waals surface area contributed by atoms with Crippen molar-refractivity contribution in [2.75, 3.05) is 18.6 Å². The van der Waals surface area contributed by atoms with Gasteiger partial charge in [-0.3, -0.25) is 4.79 Å². The van der Waals surface area contributed by atoms with E-state index in [9.17, 15) is 9.90 Å². The Kier molecular flexibility index (Phi) is 9.84. The molecule has 2 aliphatic carbocycles. The molecule has 39 heavy (non-hydrogen) atoms. The van der Waals surface area contributed by atoms with Gasteiger partial charge in [-0.2, -0.15) is 5.10 Å². The third-order valence-corrected chi connectivity index (χ3v) is 8.40. The predicted octanol–water partition coefficient (Wildman–Crippen LogP) is 6.92. The molecular formula is C33H45N3O3. The minimum Gasteiger partial charge on any atom is -0.497 e. The molecule has 0 spiro atoms. The van der Waals surface area contributed by atoms with Crippen LogP contribution in [0.3, 0.4) is 0 Å². The van der Waals surface area contributed by atoms with Crippen LogP contribution >= 0.6 is 0 Å². The van der Waals surface area contributed by atoms with Crippen molar-refractivity contribution in [3.05, 3.63) is 77.9 Å². The van der Waals surface area contributed by atoms with E-state index in [1.54, 1.807) is 7.11 Å². The number of methoxy groups -OCH3 is 1. The summed E-state index contributed by atoms with van der Waals surface area (Å²) in [6.45, 7) is 11.2. The number of aliphatic hydroxyl groups is 1. The van der Waals surface area contributed by atoms with Crippen molar-refractivity contribution < 1.29 is 14.6 Å². The molecule has 0 aliphatic heterocycles. The Labute approximate surface area is 234 Å². The molecule has 2 aromatic rings. The maximum atomic E-state index is 13.9. The van der Waals surface area contributed by atoms with Gasteiger partial charge in [0, 0.05) is 24.3 Å². The number of aryl methyl sites for hydroxylation is 1. The molecule has 1 N–H and O–H groups in total. The molecule has 2 fully saturated rings. The number of ether oxygens (including phenoxy) is 1. The second-order valence-electron chi connectivity index (χ2n) is 11.6. The van der Waals surface area contributed by atoms with Crippen LogP contribution in [-0.2, 0) is 9.53 Å². The molecule has 210 valence electrons. The van der Waals surface area contributed by atoms with E-state index in [0.717, 1.165) is 78.9 Å². The summed E-state index contributed by atoms with van der Waals surface area (Å²) in [4.78, 5) is 15.9. The monoisotopic (exact) mass is 531 g/mol. The zero-order chi connectivity index (χ0) is 27.9. The number of anilines is 1. The van der Waals surface area contributed by atoms with Crippen LogP contribution < -0.4 is 4.90 Å². The molecule has 2 saturated carbocycles. The third kappa shape index (κ3) is 7.51. The van der Waals surface area contributed by atoms with E-state index >= 15 is 0 Å². The lowest BCUT2D eigenvalue weighted by atomic mass is 9.78. The van der Waals surface area contributed by atoms with Crippen molar-refractivity contribution in [1.29, 1.82) is 0 Å². The van der Waals surface area contributed by atoms with E-state index in [1.165, 1.54) is 0 Å². The van der Waals surface area contributed by atoms with E-state index in [2.05, 4.69) is 23.8 Å². The van der Waals surface area contributed by atoms with Crippen LogP contribution in [0.1, 0.15) is 70.8 Å². The van der Waals surface area contributed by atoms with Gasteiger partial charge in [-0.1, -0.05) is 24.3 Å². The van der Waals surface area contributed by atoms with E-state index in [-0.39, 0.29) is 17.9 Å². The fraction of sp³-hybridized carbons (Fsp3) is 0.515. The highest BCUT2D eigenvalue weighted by Crippen LogP contribution is 2.36. The summed E-state index contributed by atoms with van der Waals surface area (Å²) in [7, 11) is 1.70. The molecule has 1 aromatic heterocycles. The molecule has 1 aromatic carbocycles. The van der Waals surface area contributed by atoms with Crippen molar-refractivity contribution in [3.63, 3.8) is 0 Å². The van der Waals surface area contributed by atoms with Crippen LogP contribution in [-0.4, -0.2) is 40.6 Å². The summed E-state index contributed by atoms with van der Waals surface area (Å²) in [5.74, 6) is 1.96. The summed E-state index contributed by atoms with van der Waals surface area (Å²) in [5.41, 5.74) is 5.28.